The van der Waals surface area contributed by atoms with Crippen molar-refractivity contribution in [3.05, 3.63) is 11.6 Å². The third-order valence-corrected chi connectivity index (χ3v) is 22.4. The molecule has 482 valence electrons. The van der Waals surface area contributed by atoms with Crippen LogP contribution in [0.15, 0.2) is 11.6 Å². The van der Waals surface area contributed by atoms with Crippen LogP contribution in [0.2, 0.25) is 0 Å². The fourth-order valence-electron chi connectivity index (χ4n) is 17.6. The van der Waals surface area contributed by atoms with Crippen LogP contribution >= 0.6 is 0 Å². The number of rotatable bonds is 14. The molecular formula is C61H100O23. The van der Waals surface area contributed by atoms with Crippen molar-refractivity contribution in [2.45, 2.75) is 311 Å². The van der Waals surface area contributed by atoms with Crippen LogP contribution in [0.1, 0.15) is 146 Å². The molecule has 1 spiro atoms. The van der Waals surface area contributed by atoms with Crippen molar-refractivity contribution in [3.8, 4) is 0 Å². The summed E-state index contributed by atoms with van der Waals surface area (Å²) in [6.45, 7) is 18.2. The first-order chi connectivity index (χ1) is 39.8. The van der Waals surface area contributed by atoms with Gasteiger partial charge in [-0.2, -0.15) is 4.89 Å². The maximum Gasteiger partial charge on any atom is 0.228 e. The standard InChI is InChI=1S/C61H100O23/c1-29-48(65)55(70-12)49(66)56(77-29)81-52-32(4)76-47(24-39(52)68-10)79-51-31(3)74-45(22-37(51)63)78-50-30(2)75-46(23-38(50)64)80-53-34(6)82-61(26-41(53)69-11)28-71-40-25-44(73-33(5)54(40)83-84-61)72-27-60(67)20-16-43-58(8)17-13-35-21-36(62)14-18-57(35,7)42(58)15-19-59(43,60)9/h13,29-34,36-56,62-67H,14-28H2,1-12H3. The lowest BCUT2D eigenvalue weighted by Crippen LogP contribution is -2.61. The Morgan fingerprint density at radius 2 is 1.19 bits per heavy atom. The summed E-state index contributed by atoms with van der Waals surface area (Å²) in [5, 5.41) is 67.6. The zero-order valence-electron chi connectivity index (χ0n) is 51.4. The Morgan fingerprint density at radius 3 is 1.83 bits per heavy atom. The molecule has 4 aliphatic carbocycles. The normalized spacial score (nSPS) is 55.3. The highest BCUT2D eigenvalue weighted by molar-refractivity contribution is 5.29. The number of allylic oxidation sites excluding steroid dienone is 1. The molecule has 7 aliphatic heterocycles. The molecule has 32 unspecified atom stereocenters. The van der Waals surface area contributed by atoms with Gasteiger partial charge in [-0.1, -0.05) is 32.4 Å². The van der Waals surface area contributed by atoms with Crippen LogP contribution < -0.4 is 0 Å². The summed E-state index contributed by atoms with van der Waals surface area (Å²) in [5.74, 6) is -0.491. The van der Waals surface area contributed by atoms with E-state index in [9.17, 15) is 30.6 Å². The van der Waals surface area contributed by atoms with E-state index in [0.717, 1.165) is 44.9 Å². The first-order valence-corrected chi connectivity index (χ1v) is 31.4. The van der Waals surface area contributed by atoms with Gasteiger partial charge in [0.15, 0.2) is 31.5 Å². The number of aliphatic hydroxyl groups excluding tert-OH is 5. The van der Waals surface area contributed by atoms with E-state index in [0.29, 0.717) is 24.7 Å². The minimum Gasteiger partial charge on any atom is -0.393 e. The van der Waals surface area contributed by atoms with E-state index in [2.05, 4.69) is 26.8 Å². The average molecular weight is 1200 g/mol. The smallest absolute Gasteiger partial charge is 0.228 e. The third kappa shape index (κ3) is 11.9. The molecule has 7 heterocycles. The Bertz CT molecular complexity index is 2230. The van der Waals surface area contributed by atoms with Crippen molar-refractivity contribution >= 4 is 0 Å². The molecule has 0 radical (unpaired) electrons. The number of methoxy groups -OCH3 is 3. The van der Waals surface area contributed by atoms with Gasteiger partial charge >= 0.3 is 0 Å². The molecule has 3 saturated carbocycles. The van der Waals surface area contributed by atoms with Crippen LogP contribution in [-0.2, 0) is 80.8 Å². The lowest BCUT2D eigenvalue weighted by atomic mass is 9.41. The van der Waals surface area contributed by atoms with E-state index in [1.165, 1.54) is 19.8 Å². The van der Waals surface area contributed by atoms with Gasteiger partial charge in [-0.05, 0) is 116 Å². The topological polar surface area (TPSA) is 278 Å². The van der Waals surface area contributed by atoms with E-state index >= 15 is 0 Å². The zero-order chi connectivity index (χ0) is 60.0. The molecule has 11 rings (SSSR count). The second-order valence-corrected chi connectivity index (χ2v) is 27.6. The number of fused-ring (bicyclic) bond motifs is 6. The number of aliphatic hydroxyl groups is 6. The van der Waals surface area contributed by atoms with Crippen molar-refractivity contribution in [1.29, 1.82) is 0 Å². The molecule has 0 aromatic heterocycles. The first-order valence-electron chi connectivity index (χ1n) is 31.4. The molecule has 84 heavy (non-hydrogen) atoms. The van der Waals surface area contributed by atoms with E-state index in [1.807, 2.05) is 13.8 Å². The molecule has 23 nitrogen and oxygen atoms in total. The van der Waals surface area contributed by atoms with Gasteiger partial charge in [-0.15, -0.1) is 0 Å². The average Bonchev–Trinajstić information content (AvgIpc) is 1.95. The Morgan fingerprint density at radius 1 is 0.583 bits per heavy atom. The van der Waals surface area contributed by atoms with Crippen molar-refractivity contribution in [2.75, 3.05) is 34.5 Å². The summed E-state index contributed by atoms with van der Waals surface area (Å²) in [6.07, 6.45) is -7.99. The maximum absolute atomic E-state index is 12.6. The van der Waals surface area contributed by atoms with Gasteiger partial charge in [-0.3, -0.25) is 0 Å². The molecule has 32 atom stereocenters. The fourth-order valence-corrected chi connectivity index (χ4v) is 17.6. The van der Waals surface area contributed by atoms with Crippen LogP contribution in [-0.4, -0.2) is 230 Å². The predicted molar refractivity (Wildman–Crippen MR) is 293 cm³/mol. The van der Waals surface area contributed by atoms with Crippen molar-refractivity contribution in [1.82, 2.24) is 0 Å². The maximum atomic E-state index is 12.6. The van der Waals surface area contributed by atoms with Gasteiger partial charge in [0.1, 0.15) is 55.4 Å². The van der Waals surface area contributed by atoms with Crippen molar-refractivity contribution < 1.29 is 111 Å². The lowest BCUT2D eigenvalue weighted by molar-refractivity contribution is -0.472. The zero-order valence-corrected chi connectivity index (χ0v) is 51.4. The molecular weight excluding hydrogens is 1100 g/mol. The Hall–Kier alpha value is -1.18. The summed E-state index contributed by atoms with van der Waals surface area (Å²) in [4.78, 5) is 12.3. The van der Waals surface area contributed by atoms with Gasteiger partial charge in [0.05, 0.1) is 85.5 Å². The van der Waals surface area contributed by atoms with Crippen molar-refractivity contribution in [2.24, 2.45) is 28.1 Å². The first kappa shape index (κ1) is 64.4. The predicted octanol–water partition coefficient (Wildman–Crippen LogP) is 3.98. The highest BCUT2D eigenvalue weighted by Crippen LogP contribution is 2.72. The highest BCUT2D eigenvalue weighted by Gasteiger charge is 2.68. The second-order valence-electron chi connectivity index (χ2n) is 27.6. The summed E-state index contributed by atoms with van der Waals surface area (Å²) >= 11 is 0. The van der Waals surface area contributed by atoms with E-state index in [1.54, 1.807) is 34.8 Å². The molecule has 10 fully saturated rings. The summed E-state index contributed by atoms with van der Waals surface area (Å²) in [7, 11) is 4.53. The Labute approximate surface area is 495 Å². The summed E-state index contributed by atoms with van der Waals surface area (Å²) in [6, 6.07) is 0. The summed E-state index contributed by atoms with van der Waals surface area (Å²) in [5.41, 5.74) is 0.238. The Balaban J connectivity index is 0.635. The third-order valence-electron chi connectivity index (χ3n) is 22.4. The molecule has 23 heteroatoms. The lowest BCUT2D eigenvalue weighted by Gasteiger charge is -2.64. The SMILES string of the molecule is COC1CC2(COC3CC(OCC4(O)CCC5C6(C)CC=C7CC(O)CCC7(C)C6CCC54C)OC(C)C3OO2)OC(C)C1OC1CC(O)C(OC2CC(O)C(OC3CC(OC)C(OC4OC(C)C(O)C(OC)C4O)C(C)O3)C(C)O2)C(C)O1. The number of hydrogen-bond donors (Lipinski definition) is 6. The van der Waals surface area contributed by atoms with Gasteiger partial charge in [0.2, 0.25) is 5.79 Å². The van der Waals surface area contributed by atoms with Gasteiger partial charge in [-0.25, -0.2) is 4.89 Å². The van der Waals surface area contributed by atoms with Crippen LogP contribution in [0.3, 0.4) is 0 Å². The summed E-state index contributed by atoms with van der Waals surface area (Å²) < 4.78 is 93.5. The number of ether oxygens (including phenoxy) is 15. The van der Waals surface area contributed by atoms with Crippen LogP contribution in [0, 0.1) is 28.1 Å². The molecule has 0 aromatic carbocycles. The molecule has 11 aliphatic rings. The molecule has 7 saturated heterocycles. The van der Waals surface area contributed by atoms with Crippen LogP contribution in [0.5, 0.6) is 0 Å². The monoisotopic (exact) mass is 1200 g/mol. The molecule has 6 N–H and O–H groups in total. The minimum absolute atomic E-state index is 0.0319. The fraction of sp³-hybridized carbons (Fsp3) is 0.967. The van der Waals surface area contributed by atoms with Crippen LogP contribution in [0.25, 0.3) is 0 Å². The van der Waals surface area contributed by atoms with Gasteiger partial charge in [0.25, 0.3) is 0 Å². The molecule has 0 bridgehead atoms. The quantitative estimate of drug-likeness (QED) is 0.106. The van der Waals surface area contributed by atoms with Gasteiger partial charge < -0.3 is 102 Å². The van der Waals surface area contributed by atoms with Gasteiger partial charge in [0, 0.05) is 58.8 Å². The number of hydrogen-bond acceptors (Lipinski definition) is 23. The largest absolute Gasteiger partial charge is 0.393 e. The van der Waals surface area contributed by atoms with E-state index in [-0.39, 0.29) is 61.2 Å². The molecule has 0 aromatic rings. The Kier molecular flexibility index (Phi) is 19.3. The van der Waals surface area contributed by atoms with E-state index < -0.39 is 159 Å². The second kappa shape index (κ2) is 25.1. The molecule has 0 amide bonds. The van der Waals surface area contributed by atoms with Crippen molar-refractivity contribution in [3.63, 3.8) is 0 Å². The van der Waals surface area contributed by atoms with E-state index in [4.69, 9.17) is 80.8 Å². The van der Waals surface area contributed by atoms with Crippen LogP contribution in [0.4, 0.5) is 0 Å². The minimum atomic E-state index is -1.35. The highest BCUT2D eigenvalue weighted by atomic mass is 17.2.